The molecule has 6 nitrogen and oxygen atoms in total. The minimum absolute atomic E-state index is 0.833. The van der Waals surface area contributed by atoms with Crippen LogP contribution in [0, 0.1) is 0 Å². The molecule has 17 aromatic rings. The van der Waals surface area contributed by atoms with E-state index in [0.29, 0.717) is 0 Å². The number of para-hydroxylation sites is 2. The predicted molar refractivity (Wildman–Crippen MR) is 338 cm³/mol. The lowest BCUT2D eigenvalue weighted by Gasteiger charge is -2.14. The second kappa shape index (κ2) is 17.6. The highest BCUT2D eigenvalue weighted by atomic mass is 32.1. The van der Waals surface area contributed by atoms with Crippen molar-refractivity contribution < 1.29 is 0 Å². The molecule has 0 saturated carbocycles. The summed E-state index contributed by atoms with van der Waals surface area (Å²) in [7, 11) is 0. The van der Waals surface area contributed by atoms with Gasteiger partial charge < -0.3 is 0 Å². The van der Waals surface area contributed by atoms with Gasteiger partial charge in [0.05, 0.1) is 53.5 Å². The molecule has 0 unspecified atom stereocenters. The van der Waals surface area contributed by atoms with E-state index in [-0.39, 0.29) is 0 Å². The molecule has 17 rings (SSSR count). The molecule has 8 heteroatoms. The second-order valence-electron chi connectivity index (χ2n) is 20.7. The van der Waals surface area contributed by atoms with Crippen molar-refractivity contribution in [2.45, 2.75) is 13.3 Å². The summed E-state index contributed by atoms with van der Waals surface area (Å²) in [6.45, 7) is 2.18. The first-order chi connectivity index (χ1) is 39.6. The average molecular weight is 1060 g/mol. The highest BCUT2D eigenvalue weighted by Gasteiger charge is 2.24. The normalized spacial score (nSPS) is 12.1. The molecule has 6 heterocycles. The monoisotopic (exact) mass is 1060 g/mol. The van der Waals surface area contributed by atoms with Gasteiger partial charge in [-0.1, -0.05) is 171 Å². The van der Waals surface area contributed by atoms with E-state index in [1.807, 2.05) is 22.7 Å². The van der Waals surface area contributed by atoms with E-state index in [1.54, 1.807) is 0 Å². The number of imidazole rings is 2. The van der Waals surface area contributed by atoms with E-state index in [9.17, 15) is 0 Å². The molecule has 11 aromatic carbocycles. The number of thiophene rings is 2. The van der Waals surface area contributed by atoms with Crippen molar-refractivity contribution in [1.82, 2.24) is 29.1 Å². The lowest BCUT2D eigenvalue weighted by molar-refractivity contribution is 0.908. The first-order valence-corrected chi connectivity index (χ1v) is 28.8. The van der Waals surface area contributed by atoms with Gasteiger partial charge in [0, 0.05) is 65.4 Å². The summed E-state index contributed by atoms with van der Waals surface area (Å²) in [6, 6.07) is 85.5. The van der Waals surface area contributed by atoms with E-state index in [4.69, 9.17) is 19.9 Å². The smallest absolute Gasteiger partial charge is 0.145 e. The fourth-order valence-corrected chi connectivity index (χ4v) is 15.1. The van der Waals surface area contributed by atoms with Crippen LogP contribution in [0.15, 0.2) is 237 Å². The van der Waals surface area contributed by atoms with E-state index in [1.165, 1.54) is 67.6 Å². The lowest BCUT2D eigenvalue weighted by atomic mass is 9.94. The van der Waals surface area contributed by atoms with Crippen LogP contribution < -0.4 is 0 Å². The summed E-state index contributed by atoms with van der Waals surface area (Å²) in [6.07, 6.45) is 0.833. The summed E-state index contributed by atoms with van der Waals surface area (Å²) in [5.74, 6) is 1.94. The Morgan fingerprint density at radius 2 is 0.925 bits per heavy atom. The van der Waals surface area contributed by atoms with Crippen molar-refractivity contribution in [3.63, 3.8) is 0 Å². The number of nitrogens with zero attached hydrogens (tertiary/aromatic N) is 6. The van der Waals surface area contributed by atoms with Gasteiger partial charge >= 0.3 is 0 Å². The third-order valence-electron chi connectivity index (χ3n) is 16.3. The maximum Gasteiger partial charge on any atom is 0.145 e. The number of fused-ring (bicyclic) bond motifs is 14. The van der Waals surface area contributed by atoms with Crippen molar-refractivity contribution in [1.29, 1.82) is 0 Å². The molecule has 0 fully saturated rings. The van der Waals surface area contributed by atoms with Crippen LogP contribution in [-0.2, 0) is 6.42 Å². The molecule has 0 aliphatic heterocycles. The van der Waals surface area contributed by atoms with Gasteiger partial charge in [-0.05, 0) is 117 Å². The second-order valence-corrected chi connectivity index (χ2v) is 22.8. The zero-order valence-corrected chi connectivity index (χ0v) is 44.9. The van der Waals surface area contributed by atoms with Gasteiger partial charge in [-0.2, -0.15) is 0 Å². The molecule has 0 radical (unpaired) electrons. The van der Waals surface area contributed by atoms with Crippen LogP contribution in [0.3, 0.4) is 0 Å². The highest BCUT2D eigenvalue weighted by molar-refractivity contribution is 7.27. The minimum Gasteiger partial charge on any atom is -0.296 e. The summed E-state index contributed by atoms with van der Waals surface area (Å²) in [5.41, 5.74) is 18.3. The van der Waals surface area contributed by atoms with Crippen molar-refractivity contribution in [2.75, 3.05) is 0 Å². The summed E-state index contributed by atoms with van der Waals surface area (Å²) >= 11 is 3.66. The maximum atomic E-state index is 5.63. The number of hydrogen-bond acceptors (Lipinski definition) is 6. The Balaban J connectivity index is 0.832. The van der Waals surface area contributed by atoms with Crippen LogP contribution in [0.5, 0.6) is 0 Å². The molecular weight excluding hydrogens is 1010 g/mol. The van der Waals surface area contributed by atoms with Gasteiger partial charge in [0.25, 0.3) is 0 Å². The Kier molecular flexibility index (Phi) is 9.93. The molecule has 374 valence electrons. The molecule has 0 atom stereocenters. The third kappa shape index (κ3) is 6.76. The van der Waals surface area contributed by atoms with Crippen LogP contribution >= 0.6 is 22.7 Å². The Morgan fingerprint density at radius 3 is 1.64 bits per heavy atom. The van der Waals surface area contributed by atoms with E-state index < -0.39 is 0 Å². The van der Waals surface area contributed by atoms with Gasteiger partial charge in [-0.25, -0.2) is 19.9 Å². The van der Waals surface area contributed by atoms with Crippen molar-refractivity contribution in [3.8, 4) is 56.1 Å². The van der Waals surface area contributed by atoms with E-state index >= 15 is 0 Å². The van der Waals surface area contributed by atoms with Crippen LogP contribution in [0.1, 0.15) is 12.7 Å². The van der Waals surface area contributed by atoms with Crippen molar-refractivity contribution in [2.24, 2.45) is 0 Å². The topological polar surface area (TPSA) is 61.4 Å². The van der Waals surface area contributed by atoms with Gasteiger partial charge in [-0.15, -0.1) is 22.7 Å². The number of benzene rings is 11. The zero-order valence-electron chi connectivity index (χ0n) is 43.2. The van der Waals surface area contributed by atoms with Crippen LogP contribution in [0.25, 0.3) is 162 Å². The number of aromatic nitrogens is 6. The number of rotatable bonds is 7. The van der Waals surface area contributed by atoms with Crippen LogP contribution in [-0.4, -0.2) is 29.1 Å². The number of hydrogen-bond donors (Lipinski definition) is 0. The Labute approximate surface area is 466 Å². The molecule has 0 spiro atoms. The average Bonchev–Trinajstić information content (AvgIpc) is 4.45. The highest BCUT2D eigenvalue weighted by Crippen LogP contribution is 2.49. The first kappa shape index (κ1) is 45.2. The molecule has 6 aromatic heterocycles. The number of pyridine rings is 2. The minimum atomic E-state index is 0.833. The van der Waals surface area contributed by atoms with E-state index in [2.05, 4.69) is 253 Å². The summed E-state index contributed by atoms with van der Waals surface area (Å²) < 4.78 is 9.43. The standard InChI is InChI=1S/C72H44N6S2/c1-2-62-73-54-23-11-12-24-58(54)77(62)48-34-27-45(28-35-48)64-66-51-20-9-7-16-43(51)32-39-56(66)75-69-67-52(22-14-26-61(67)80-71(64)69)47-33-40-59-57(41-47)76-72(46-17-4-3-5-18-46)78(59)49-36-29-44(30-37-49)63-65-50-19-8-6-15-42(50)31-38-55(65)74-68-53-21-10-13-25-60(53)79-70(63)68/h3-41H,2H2,1H3. The number of aryl methyl sites for hydroxylation is 1. The first-order valence-electron chi connectivity index (χ1n) is 27.2. The van der Waals surface area contributed by atoms with Crippen LogP contribution in [0.4, 0.5) is 0 Å². The largest absolute Gasteiger partial charge is 0.296 e. The molecule has 0 amide bonds. The Bertz CT molecular complexity index is 5400. The lowest BCUT2D eigenvalue weighted by Crippen LogP contribution is -2.00. The molecule has 0 saturated heterocycles. The maximum absolute atomic E-state index is 5.63. The van der Waals surface area contributed by atoms with E-state index in [0.717, 1.165) is 107 Å². The van der Waals surface area contributed by atoms with Crippen molar-refractivity contribution >= 4 is 129 Å². The fourth-order valence-electron chi connectivity index (χ4n) is 12.7. The predicted octanol–water partition coefficient (Wildman–Crippen LogP) is 19.7. The van der Waals surface area contributed by atoms with Gasteiger partial charge in [0.1, 0.15) is 11.6 Å². The zero-order chi connectivity index (χ0) is 52.6. The summed E-state index contributed by atoms with van der Waals surface area (Å²) in [4.78, 5) is 21.5. The summed E-state index contributed by atoms with van der Waals surface area (Å²) in [5, 5.41) is 9.50. The SMILES string of the molecule is CCc1nc2ccccc2n1-c1ccc(-c2c3sc4cccc(-c5ccc6c(c5)nc(-c5ccccc5)n6-c5ccc(-c6c7sc8ccccc8c7nc7ccc8ccccc8c67)cc5)c4c3nc3ccc4ccccc4c23)cc1. The van der Waals surface area contributed by atoms with Gasteiger partial charge in [0.15, 0.2) is 0 Å². The van der Waals surface area contributed by atoms with Crippen molar-refractivity contribution in [3.05, 3.63) is 242 Å². The third-order valence-corrected chi connectivity index (χ3v) is 18.6. The van der Waals surface area contributed by atoms with Crippen LogP contribution in [0.2, 0.25) is 0 Å². The quantitative estimate of drug-likeness (QED) is 0.149. The molecule has 80 heavy (non-hydrogen) atoms. The molecular formula is C72H44N6S2. The fraction of sp³-hybridized carbons (Fsp3) is 0.0278. The van der Waals surface area contributed by atoms with Gasteiger partial charge in [-0.3, -0.25) is 9.13 Å². The molecule has 0 aliphatic rings. The van der Waals surface area contributed by atoms with Gasteiger partial charge in [0.2, 0.25) is 0 Å². The molecule has 0 aliphatic carbocycles. The molecule has 0 N–H and O–H groups in total. The Morgan fingerprint density at radius 1 is 0.362 bits per heavy atom. The Hall–Kier alpha value is -9.86. The molecule has 0 bridgehead atoms.